The zero-order valence-electron chi connectivity index (χ0n) is 13.2. The van der Waals surface area contributed by atoms with Crippen molar-refractivity contribution >= 4 is 22.8 Å². The third-order valence-corrected chi connectivity index (χ3v) is 3.72. The highest BCUT2D eigenvalue weighted by atomic mass is 16.3. The van der Waals surface area contributed by atoms with E-state index in [1.54, 1.807) is 24.6 Å². The molecule has 2 N–H and O–H groups in total. The van der Waals surface area contributed by atoms with E-state index in [1.807, 2.05) is 18.2 Å². The van der Waals surface area contributed by atoms with Gasteiger partial charge in [-0.1, -0.05) is 19.1 Å². The molecule has 0 spiro atoms. The second-order valence-electron chi connectivity index (χ2n) is 5.37. The van der Waals surface area contributed by atoms with Gasteiger partial charge in [-0.25, -0.2) is 0 Å². The van der Waals surface area contributed by atoms with Gasteiger partial charge in [0.15, 0.2) is 0 Å². The first kappa shape index (κ1) is 15.7. The normalized spacial score (nSPS) is 10.5. The number of aromatic nitrogens is 1. The number of hydrazine groups is 1. The van der Waals surface area contributed by atoms with Gasteiger partial charge in [0.05, 0.1) is 18.2 Å². The SMILES string of the molecule is CCc1ccc2c(CC(=O)NNC(=O)c3cccnc3)coc2c1. The summed E-state index contributed by atoms with van der Waals surface area (Å²) in [7, 11) is 0. The molecule has 6 heteroatoms. The number of carbonyl (C=O) groups is 2. The maximum Gasteiger partial charge on any atom is 0.271 e. The quantitative estimate of drug-likeness (QED) is 0.722. The van der Waals surface area contributed by atoms with Gasteiger partial charge < -0.3 is 4.42 Å². The molecule has 0 bridgehead atoms. The molecule has 2 aromatic heterocycles. The van der Waals surface area contributed by atoms with Crippen LogP contribution in [0.5, 0.6) is 0 Å². The molecule has 24 heavy (non-hydrogen) atoms. The number of nitrogens with one attached hydrogen (secondary N) is 2. The van der Waals surface area contributed by atoms with Gasteiger partial charge in [0.2, 0.25) is 5.91 Å². The average molecular weight is 323 g/mol. The minimum Gasteiger partial charge on any atom is -0.464 e. The van der Waals surface area contributed by atoms with Crippen LogP contribution in [0.2, 0.25) is 0 Å². The van der Waals surface area contributed by atoms with Crippen LogP contribution in [-0.2, 0) is 17.6 Å². The number of pyridine rings is 1. The van der Waals surface area contributed by atoms with Crippen molar-refractivity contribution < 1.29 is 14.0 Å². The Labute approximate surface area is 138 Å². The second-order valence-corrected chi connectivity index (χ2v) is 5.37. The summed E-state index contributed by atoms with van der Waals surface area (Å²) in [5, 5.41) is 0.904. The Morgan fingerprint density at radius 3 is 2.83 bits per heavy atom. The highest BCUT2D eigenvalue weighted by molar-refractivity contribution is 5.95. The molecule has 122 valence electrons. The van der Waals surface area contributed by atoms with Crippen LogP contribution in [0.15, 0.2) is 53.4 Å². The molecule has 0 unspecified atom stereocenters. The highest BCUT2D eigenvalue weighted by Crippen LogP contribution is 2.23. The molecule has 0 atom stereocenters. The van der Waals surface area contributed by atoms with Gasteiger partial charge in [-0.3, -0.25) is 25.4 Å². The molecule has 0 fully saturated rings. The first-order valence-electron chi connectivity index (χ1n) is 7.65. The molecule has 1 aromatic carbocycles. The number of nitrogens with zero attached hydrogens (tertiary/aromatic N) is 1. The largest absolute Gasteiger partial charge is 0.464 e. The Hall–Kier alpha value is -3.15. The zero-order chi connectivity index (χ0) is 16.9. The van der Waals surface area contributed by atoms with Crippen LogP contribution in [0, 0.1) is 0 Å². The molecule has 2 amide bonds. The average Bonchev–Trinajstić information content (AvgIpc) is 3.02. The standard InChI is InChI=1S/C18H17N3O3/c1-2-12-5-6-15-14(11-24-16(15)8-12)9-17(22)20-21-18(23)13-4-3-7-19-10-13/h3-8,10-11H,2,9H2,1H3,(H,20,22)(H,21,23). The third kappa shape index (κ3) is 3.43. The summed E-state index contributed by atoms with van der Waals surface area (Å²) in [6, 6.07) is 9.21. The van der Waals surface area contributed by atoms with Crippen molar-refractivity contribution in [1.29, 1.82) is 0 Å². The summed E-state index contributed by atoms with van der Waals surface area (Å²) in [5.41, 5.74) is 7.86. The van der Waals surface area contributed by atoms with Gasteiger partial charge in [-0.15, -0.1) is 0 Å². The minimum absolute atomic E-state index is 0.117. The highest BCUT2D eigenvalue weighted by Gasteiger charge is 2.12. The van der Waals surface area contributed by atoms with E-state index in [9.17, 15) is 9.59 Å². The number of benzene rings is 1. The molecule has 6 nitrogen and oxygen atoms in total. The first-order chi connectivity index (χ1) is 11.7. The van der Waals surface area contributed by atoms with Crippen LogP contribution in [0.25, 0.3) is 11.0 Å². The summed E-state index contributed by atoms with van der Waals surface area (Å²) in [6.45, 7) is 2.07. The van der Waals surface area contributed by atoms with E-state index >= 15 is 0 Å². The zero-order valence-corrected chi connectivity index (χ0v) is 13.2. The molecule has 3 rings (SSSR count). The minimum atomic E-state index is -0.416. The van der Waals surface area contributed by atoms with Gasteiger partial charge in [0, 0.05) is 23.3 Å². The lowest BCUT2D eigenvalue weighted by atomic mass is 10.1. The smallest absolute Gasteiger partial charge is 0.271 e. The molecule has 0 aliphatic carbocycles. The number of rotatable bonds is 4. The molecular weight excluding hydrogens is 306 g/mol. The van der Waals surface area contributed by atoms with Gasteiger partial charge in [0.25, 0.3) is 5.91 Å². The molecule has 0 saturated heterocycles. The number of carbonyl (C=O) groups excluding carboxylic acids is 2. The molecule has 0 saturated carbocycles. The van der Waals surface area contributed by atoms with Crippen LogP contribution in [-0.4, -0.2) is 16.8 Å². The maximum atomic E-state index is 12.0. The van der Waals surface area contributed by atoms with E-state index in [1.165, 1.54) is 11.8 Å². The lowest BCUT2D eigenvalue weighted by Gasteiger charge is -2.06. The predicted molar refractivity (Wildman–Crippen MR) is 89.1 cm³/mol. The molecular formula is C18H17N3O3. The van der Waals surface area contributed by atoms with Gasteiger partial charge in [0.1, 0.15) is 5.58 Å². The lowest BCUT2D eigenvalue weighted by Crippen LogP contribution is -2.42. The molecule has 3 aromatic rings. The maximum absolute atomic E-state index is 12.0. The van der Waals surface area contributed by atoms with Crippen LogP contribution >= 0.6 is 0 Å². The van der Waals surface area contributed by atoms with E-state index in [2.05, 4.69) is 22.8 Å². The monoisotopic (exact) mass is 323 g/mol. The Kier molecular flexibility index (Phi) is 4.56. The van der Waals surface area contributed by atoms with Crippen molar-refractivity contribution in [3.05, 3.63) is 65.7 Å². The predicted octanol–water partition coefficient (Wildman–Crippen LogP) is 2.39. The third-order valence-electron chi connectivity index (χ3n) is 3.72. The summed E-state index contributed by atoms with van der Waals surface area (Å²) >= 11 is 0. The van der Waals surface area contributed by atoms with Gasteiger partial charge in [-0.2, -0.15) is 0 Å². The van der Waals surface area contributed by atoms with Crippen molar-refractivity contribution in [2.24, 2.45) is 0 Å². The summed E-state index contributed by atoms with van der Waals surface area (Å²) in [5.74, 6) is -0.740. The topological polar surface area (TPSA) is 84.2 Å². The Balaban J connectivity index is 1.62. The van der Waals surface area contributed by atoms with Crippen molar-refractivity contribution in [2.45, 2.75) is 19.8 Å². The van der Waals surface area contributed by atoms with Crippen molar-refractivity contribution in [2.75, 3.05) is 0 Å². The molecule has 0 aliphatic heterocycles. The van der Waals surface area contributed by atoms with Gasteiger partial charge in [-0.05, 0) is 30.2 Å². The molecule has 0 aliphatic rings. The fourth-order valence-corrected chi connectivity index (χ4v) is 2.40. The van der Waals surface area contributed by atoms with Crippen molar-refractivity contribution in [3.63, 3.8) is 0 Å². The van der Waals surface area contributed by atoms with Gasteiger partial charge >= 0.3 is 0 Å². The second kappa shape index (κ2) is 6.95. The van der Waals surface area contributed by atoms with E-state index in [4.69, 9.17) is 4.42 Å². The van der Waals surface area contributed by atoms with E-state index in [0.717, 1.165) is 23.0 Å². The van der Waals surface area contributed by atoms with Crippen LogP contribution in [0.1, 0.15) is 28.4 Å². The lowest BCUT2D eigenvalue weighted by molar-refractivity contribution is -0.121. The molecule has 2 heterocycles. The Morgan fingerprint density at radius 2 is 2.08 bits per heavy atom. The van der Waals surface area contributed by atoms with Crippen LogP contribution < -0.4 is 10.9 Å². The molecule has 0 radical (unpaired) electrons. The summed E-state index contributed by atoms with van der Waals surface area (Å²) < 4.78 is 5.51. The number of furan rings is 1. The van der Waals surface area contributed by atoms with Crippen LogP contribution in [0.4, 0.5) is 0 Å². The summed E-state index contributed by atoms with van der Waals surface area (Å²) in [4.78, 5) is 27.7. The summed E-state index contributed by atoms with van der Waals surface area (Å²) in [6.07, 6.45) is 5.62. The van der Waals surface area contributed by atoms with Crippen molar-refractivity contribution in [1.82, 2.24) is 15.8 Å². The number of aryl methyl sites for hydroxylation is 1. The van der Waals surface area contributed by atoms with Crippen LogP contribution in [0.3, 0.4) is 0 Å². The Bertz CT molecular complexity index is 872. The van der Waals surface area contributed by atoms with E-state index in [-0.39, 0.29) is 12.3 Å². The number of hydrogen-bond acceptors (Lipinski definition) is 4. The van der Waals surface area contributed by atoms with Crippen molar-refractivity contribution in [3.8, 4) is 0 Å². The van der Waals surface area contributed by atoms with E-state index < -0.39 is 5.91 Å². The number of fused-ring (bicyclic) bond motifs is 1. The van der Waals surface area contributed by atoms with E-state index in [0.29, 0.717) is 5.56 Å². The first-order valence-corrected chi connectivity index (χ1v) is 7.65. The Morgan fingerprint density at radius 1 is 1.21 bits per heavy atom. The number of hydrogen-bond donors (Lipinski definition) is 2. The number of amides is 2. The fourth-order valence-electron chi connectivity index (χ4n) is 2.40. The fraction of sp³-hybridized carbons (Fsp3) is 0.167.